The number of hydrogen-bond donors (Lipinski definition) is 0. The van der Waals surface area contributed by atoms with Crippen LogP contribution in [0.1, 0.15) is 100 Å². The van der Waals surface area contributed by atoms with Gasteiger partial charge >= 0.3 is 11.5 Å². The molecule has 3 rings (SSSR count). The van der Waals surface area contributed by atoms with Gasteiger partial charge < -0.3 is 17.4 Å². The van der Waals surface area contributed by atoms with Gasteiger partial charge in [-0.1, -0.05) is 53.8 Å². The Morgan fingerprint density at radius 2 is 1.17 bits per heavy atom. The minimum atomic E-state index is -0.103. The van der Waals surface area contributed by atoms with Gasteiger partial charge in [-0.25, -0.2) is 4.42 Å². The van der Waals surface area contributed by atoms with Crippen LogP contribution in [0.25, 0.3) is 6.08 Å². The molecule has 0 fully saturated rings. The number of thiocarbonyl (C=S) groups is 1. The van der Waals surface area contributed by atoms with Crippen LogP contribution in [-0.4, -0.2) is 4.86 Å². The van der Waals surface area contributed by atoms with Crippen molar-refractivity contribution in [3.63, 3.8) is 0 Å². The smallest absolute Gasteiger partial charge is 0.335 e. The van der Waals surface area contributed by atoms with E-state index in [1.54, 1.807) is 0 Å². The molecular weight excluding hydrogens is 480 g/mol. The largest absolute Gasteiger partial charge is 0.778 e. The Balaban J connectivity index is 2.07. The zero-order valence-electron chi connectivity index (χ0n) is 24.1. The lowest BCUT2D eigenvalue weighted by Crippen LogP contribution is -2.22. The second-order valence-corrected chi connectivity index (χ2v) is 14.8. The Kier molecular flexibility index (Phi) is 7.42. The zero-order valence-corrected chi connectivity index (χ0v) is 25.7. The van der Waals surface area contributed by atoms with Crippen LogP contribution in [0, 0.1) is 10.8 Å². The molecule has 2 nitrogen and oxygen atoms in total. The molecule has 0 unspecified atom stereocenters. The summed E-state index contributed by atoms with van der Waals surface area (Å²) in [5, 5.41) is 0. The maximum Gasteiger partial charge on any atom is 0.335 e. The molecule has 2 aliphatic rings. The summed E-state index contributed by atoms with van der Waals surface area (Å²) in [6.07, 6.45) is 8.45. The first-order valence-electron chi connectivity index (χ1n) is 12.7. The molecule has 0 spiro atoms. The predicted octanol–water partition coefficient (Wildman–Crippen LogP) is 9.54. The maximum atomic E-state index is 6.30. The van der Waals surface area contributed by atoms with E-state index in [9.17, 15) is 0 Å². The molecular formula is C32H42O2S2. The topological polar surface area (TPSA) is 20.5 Å². The molecule has 0 atom stereocenters. The van der Waals surface area contributed by atoms with Gasteiger partial charge in [0.2, 0.25) is 0 Å². The molecule has 1 aromatic heterocycles. The molecule has 1 aliphatic heterocycles. The van der Waals surface area contributed by atoms with Crippen molar-refractivity contribution in [3.8, 4) is 0 Å². The van der Waals surface area contributed by atoms with Crippen molar-refractivity contribution in [2.45, 2.75) is 93.9 Å². The van der Waals surface area contributed by atoms with Gasteiger partial charge in [0, 0.05) is 27.8 Å². The summed E-state index contributed by atoms with van der Waals surface area (Å²) in [7, 11) is 0. The van der Waals surface area contributed by atoms with Gasteiger partial charge in [-0.2, -0.15) is 4.91 Å². The van der Waals surface area contributed by atoms with Crippen molar-refractivity contribution in [1.82, 2.24) is 0 Å². The van der Waals surface area contributed by atoms with Gasteiger partial charge in [0.15, 0.2) is 0 Å². The van der Waals surface area contributed by atoms with E-state index in [1.807, 2.05) is 0 Å². The molecule has 0 aromatic carbocycles. The van der Waals surface area contributed by atoms with Gasteiger partial charge in [-0.3, -0.25) is 0 Å². The Bertz CT molecular complexity index is 1170. The van der Waals surface area contributed by atoms with Crippen molar-refractivity contribution in [1.29, 1.82) is 0 Å². The highest BCUT2D eigenvalue weighted by Gasteiger charge is 2.34. The fourth-order valence-corrected chi connectivity index (χ4v) is 4.49. The van der Waals surface area contributed by atoms with Crippen LogP contribution in [0.2, 0.25) is 0 Å². The molecule has 1 aliphatic carbocycles. The van der Waals surface area contributed by atoms with Gasteiger partial charge in [0.1, 0.15) is 11.5 Å². The predicted molar refractivity (Wildman–Crippen MR) is 160 cm³/mol. The van der Waals surface area contributed by atoms with Crippen LogP contribution in [0.3, 0.4) is 0 Å². The Hall–Kier alpha value is -2.04. The van der Waals surface area contributed by atoms with Crippen LogP contribution in [0.4, 0.5) is 0 Å². The van der Waals surface area contributed by atoms with Crippen molar-refractivity contribution in [2.24, 2.45) is 10.8 Å². The standard InChI is InChI=1S/C32H42O2S2/c1-29(2,3)23-15-19(16-24(33-23)30(4,5)6)13-21-27(35)22(28(21)36)14-20-17-25(31(7,8)9)34-26(18-20)32(10,11)12/h13-18H,1-12H3. The van der Waals surface area contributed by atoms with Gasteiger partial charge in [0.05, 0.1) is 10.8 Å². The molecule has 4 heteroatoms. The SMILES string of the molecule is CC(C)(C)C1=CC(=CC2=C([S-])/C(=C/c3cc(C(C)(C)C)[o+]c(C(C)(C)C)c3)C2=S)C=C(C(C)(C)C)O1. The molecule has 2 heterocycles. The molecule has 1 aromatic rings. The Labute approximate surface area is 229 Å². The summed E-state index contributed by atoms with van der Waals surface area (Å²) < 4.78 is 12.6. The van der Waals surface area contributed by atoms with E-state index >= 15 is 0 Å². The number of ether oxygens (including phenoxy) is 1. The fraction of sp³-hybridized carbons (Fsp3) is 0.500. The highest BCUT2D eigenvalue weighted by atomic mass is 32.1. The zero-order chi connectivity index (χ0) is 27.4. The van der Waals surface area contributed by atoms with E-state index in [4.69, 9.17) is 34.0 Å². The number of hydrogen-bond acceptors (Lipinski definition) is 3. The second kappa shape index (κ2) is 9.36. The summed E-state index contributed by atoms with van der Waals surface area (Å²) in [6.45, 7) is 26.0. The van der Waals surface area contributed by atoms with E-state index in [-0.39, 0.29) is 21.7 Å². The third-order valence-electron chi connectivity index (χ3n) is 6.19. The molecule has 0 saturated heterocycles. The average Bonchev–Trinajstić information content (AvgIpc) is 2.72. The van der Waals surface area contributed by atoms with Crippen molar-refractivity contribution >= 4 is 35.8 Å². The minimum absolute atomic E-state index is 0.103. The number of allylic oxidation sites excluding steroid dienone is 8. The van der Waals surface area contributed by atoms with Gasteiger partial charge in [0.25, 0.3) is 0 Å². The molecule has 0 amide bonds. The van der Waals surface area contributed by atoms with Crippen LogP contribution < -0.4 is 0 Å². The Morgan fingerprint density at radius 1 is 0.722 bits per heavy atom. The summed E-state index contributed by atoms with van der Waals surface area (Å²) in [6, 6.07) is 4.22. The van der Waals surface area contributed by atoms with Gasteiger partial charge in [-0.15, -0.1) is 0 Å². The molecule has 36 heavy (non-hydrogen) atoms. The van der Waals surface area contributed by atoms with Crippen molar-refractivity contribution in [2.75, 3.05) is 0 Å². The highest BCUT2D eigenvalue weighted by molar-refractivity contribution is 7.82. The minimum Gasteiger partial charge on any atom is -0.778 e. The van der Waals surface area contributed by atoms with Crippen LogP contribution in [0.15, 0.2) is 67.9 Å². The molecule has 0 N–H and O–H groups in total. The first-order chi connectivity index (χ1) is 16.2. The van der Waals surface area contributed by atoms with E-state index in [1.165, 1.54) is 0 Å². The van der Waals surface area contributed by atoms with Crippen molar-refractivity contribution < 1.29 is 9.15 Å². The van der Waals surface area contributed by atoms with E-state index in [0.717, 1.165) is 55.1 Å². The van der Waals surface area contributed by atoms with Crippen LogP contribution in [-0.2, 0) is 28.2 Å². The lowest BCUT2D eigenvalue weighted by molar-refractivity contribution is 0.161. The molecule has 194 valence electrons. The summed E-state index contributed by atoms with van der Waals surface area (Å²) >= 11 is 11.7. The fourth-order valence-electron chi connectivity index (χ4n) is 3.72. The maximum absolute atomic E-state index is 6.30. The summed E-state index contributed by atoms with van der Waals surface area (Å²) in [4.78, 5) is 1.62. The summed E-state index contributed by atoms with van der Waals surface area (Å²) in [5.41, 5.74) is 3.62. The monoisotopic (exact) mass is 522 g/mol. The van der Waals surface area contributed by atoms with Crippen LogP contribution in [0.5, 0.6) is 0 Å². The quantitative estimate of drug-likeness (QED) is 0.167. The van der Waals surface area contributed by atoms with E-state index < -0.39 is 0 Å². The molecule has 0 radical (unpaired) electrons. The third kappa shape index (κ3) is 6.26. The lowest BCUT2D eigenvalue weighted by atomic mass is 9.84. The average molecular weight is 523 g/mol. The second-order valence-electron chi connectivity index (χ2n) is 14.0. The highest BCUT2D eigenvalue weighted by Crippen LogP contribution is 2.41. The van der Waals surface area contributed by atoms with Crippen LogP contribution >= 0.6 is 12.2 Å². The molecule has 0 saturated carbocycles. The third-order valence-corrected chi connectivity index (χ3v) is 7.07. The first-order valence-corrected chi connectivity index (χ1v) is 13.5. The Morgan fingerprint density at radius 3 is 1.53 bits per heavy atom. The van der Waals surface area contributed by atoms with Crippen molar-refractivity contribution in [3.05, 3.63) is 80.6 Å². The normalized spacial score (nSPS) is 18.6. The summed E-state index contributed by atoms with van der Waals surface area (Å²) in [5.74, 6) is 3.80. The molecule has 0 bridgehead atoms. The number of rotatable bonds is 2. The van der Waals surface area contributed by atoms with E-state index in [2.05, 4.69) is 120 Å². The first kappa shape index (κ1) is 28.5. The lowest BCUT2D eigenvalue weighted by Gasteiger charge is -2.35. The van der Waals surface area contributed by atoms with Gasteiger partial charge in [-0.05, 0) is 88.1 Å². The van der Waals surface area contributed by atoms with E-state index in [0.29, 0.717) is 0 Å².